The third-order valence-electron chi connectivity index (χ3n) is 5.68. The molecule has 0 bridgehead atoms. The number of phenolic OH excluding ortho intramolecular Hbond substituents is 1. The quantitative estimate of drug-likeness (QED) is 0.422. The van der Waals surface area contributed by atoms with Gasteiger partial charge in [-0.25, -0.2) is 14.4 Å². The van der Waals surface area contributed by atoms with Crippen molar-refractivity contribution in [3.8, 4) is 5.75 Å². The second-order valence-corrected chi connectivity index (χ2v) is 8.04. The van der Waals surface area contributed by atoms with E-state index in [1.165, 1.54) is 25.3 Å². The highest BCUT2D eigenvalue weighted by Crippen LogP contribution is 2.55. The van der Waals surface area contributed by atoms with Gasteiger partial charge in [0, 0.05) is 29.3 Å². The predicted octanol–water partition coefficient (Wildman–Crippen LogP) is 5.69. The first-order chi connectivity index (χ1) is 15.0. The standard InChI is InChI=1S/C22H18ClF4N3O2/c1-3-11-8-21(32,22(25,26)27)20(12-7-14(23)18(24)19(31)17(11)12)30-16-6-4-5-15-13(16)9-28-10(2)29-15/h3-7,9,20,30-32H,8H2,1-2H3/b11-3+/t20-,21-/m0/s1. The lowest BCUT2D eigenvalue weighted by Gasteiger charge is -2.44. The molecule has 32 heavy (non-hydrogen) atoms. The molecule has 0 saturated heterocycles. The van der Waals surface area contributed by atoms with Gasteiger partial charge in [-0.3, -0.25) is 0 Å². The van der Waals surface area contributed by atoms with Crippen LogP contribution < -0.4 is 5.32 Å². The van der Waals surface area contributed by atoms with E-state index >= 15 is 0 Å². The number of aromatic hydroxyl groups is 1. The molecule has 168 valence electrons. The Morgan fingerprint density at radius 3 is 2.69 bits per heavy atom. The Morgan fingerprint density at radius 1 is 1.31 bits per heavy atom. The van der Waals surface area contributed by atoms with Crippen molar-refractivity contribution in [2.75, 3.05) is 5.32 Å². The van der Waals surface area contributed by atoms with Crippen molar-refractivity contribution in [1.29, 1.82) is 0 Å². The smallest absolute Gasteiger partial charge is 0.419 e. The fourth-order valence-electron chi connectivity index (χ4n) is 4.07. The Morgan fingerprint density at radius 2 is 2.03 bits per heavy atom. The van der Waals surface area contributed by atoms with E-state index in [4.69, 9.17) is 11.6 Å². The number of hydrogen-bond donors (Lipinski definition) is 3. The monoisotopic (exact) mass is 467 g/mol. The zero-order valence-electron chi connectivity index (χ0n) is 16.9. The number of hydrogen-bond acceptors (Lipinski definition) is 5. The molecule has 0 radical (unpaired) electrons. The average Bonchev–Trinajstić information content (AvgIpc) is 2.72. The molecule has 1 aliphatic rings. The number of benzene rings is 2. The largest absolute Gasteiger partial charge is 0.504 e. The Kier molecular flexibility index (Phi) is 5.29. The number of aryl methyl sites for hydroxylation is 1. The van der Waals surface area contributed by atoms with E-state index in [0.717, 1.165) is 6.07 Å². The molecule has 3 N–H and O–H groups in total. The van der Waals surface area contributed by atoms with Gasteiger partial charge in [0.15, 0.2) is 17.2 Å². The van der Waals surface area contributed by atoms with E-state index in [9.17, 15) is 27.8 Å². The van der Waals surface area contributed by atoms with Crippen LogP contribution in [0.2, 0.25) is 5.02 Å². The molecule has 3 aromatic rings. The molecule has 0 spiro atoms. The number of nitrogens with one attached hydrogen (secondary N) is 1. The van der Waals surface area contributed by atoms with Gasteiger partial charge in [0.25, 0.3) is 0 Å². The molecule has 1 aromatic heterocycles. The van der Waals surface area contributed by atoms with Crippen LogP contribution in [0.4, 0.5) is 23.2 Å². The fraction of sp³-hybridized carbons (Fsp3) is 0.273. The first-order valence-corrected chi connectivity index (χ1v) is 10.00. The SMILES string of the molecule is C/C=C1\C[C@@](O)(C(F)(F)F)[C@@H](Nc2cccc3nc(C)ncc23)c2cc(Cl)c(F)c(O)c21. The van der Waals surface area contributed by atoms with Crippen LogP contribution >= 0.6 is 11.6 Å². The van der Waals surface area contributed by atoms with Crippen LogP contribution in [0.15, 0.2) is 36.5 Å². The normalized spacial score (nSPS) is 22.2. The van der Waals surface area contributed by atoms with Crippen LogP contribution in [-0.2, 0) is 0 Å². The lowest BCUT2D eigenvalue weighted by molar-refractivity contribution is -0.265. The number of alkyl halides is 3. The van der Waals surface area contributed by atoms with E-state index in [-0.39, 0.29) is 22.4 Å². The van der Waals surface area contributed by atoms with Gasteiger partial charge in [-0.1, -0.05) is 23.7 Å². The molecule has 1 heterocycles. The van der Waals surface area contributed by atoms with Crippen molar-refractivity contribution in [3.63, 3.8) is 0 Å². The Labute approximate surface area is 185 Å². The lowest BCUT2D eigenvalue weighted by atomic mass is 9.72. The Balaban J connectivity index is 1.98. The van der Waals surface area contributed by atoms with Crippen molar-refractivity contribution in [2.24, 2.45) is 0 Å². The molecule has 2 atom stereocenters. The number of aromatic nitrogens is 2. The summed E-state index contributed by atoms with van der Waals surface area (Å²) in [6.07, 6.45) is -3.20. The lowest BCUT2D eigenvalue weighted by Crippen LogP contribution is -2.54. The summed E-state index contributed by atoms with van der Waals surface area (Å²) in [6.45, 7) is 3.12. The molecule has 4 rings (SSSR count). The van der Waals surface area contributed by atoms with E-state index in [2.05, 4.69) is 15.3 Å². The maximum Gasteiger partial charge on any atom is 0.419 e. The molecule has 10 heteroatoms. The first kappa shape index (κ1) is 22.3. The van der Waals surface area contributed by atoms with Crippen LogP contribution in [0.1, 0.15) is 36.3 Å². The third-order valence-corrected chi connectivity index (χ3v) is 5.95. The van der Waals surface area contributed by atoms with Crippen LogP contribution in [0, 0.1) is 12.7 Å². The summed E-state index contributed by atoms with van der Waals surface area (Å²) in [6, 6.07) is 3.98. The van der Waals surface area contributed by atoms with Crippen LogP contribution in [0.5, 0.6) is 5.75 Å². The number of anilines is 1. The summed E-state index contributed by atoms with van der Waals surface area (Å²) in [5, 5.41) is 24.0. The number of fused-ring (bicyclic) bond motifs is 2. The van der Waals surface area contributed by atoms with Crippen molar-refractivity contribution in [3.05, 3.63) is 64.3 Å². The average molecular weight is 468 g/mol. The van der Waals surface area contributed by atoms with Crippen molar-refractivity contribution >= 4 is 33.8 Å². The molecular formula is C22H18ClF4N3O2. The summed E-state index contributed by atoms with van der Waals surface area (Å²) >= 11 is 5.86. The number of allylic oxidation sites excluding steroid dienone is 1. The Hall–Kier alpha value is -2.91. The number of halogens is 5. The molecular weight excluding hydrogens is 450 g/mol. The first-order valence-electron chi connectivity index (χ1n) is 9.62. The van der Waals surface area contributed by atoms with Crippen LogP contribution in [0.25, 0.3) is 16.5 Å². The van der Waals surface area contributed by atoms with Gasteiger partial charge >= 0.3 is 6.18 Å². The van der Waals surface area contributed by atoms with Crippen molar-refractivity contribution < 1.29 is 27.8 Å². The van der Waals surface area contributed by atoms with Gasteiger partial charge in [-0.05, 0) is 43.2 Å². The summed E-state index contributed by atoms with van der Waals surface area (Å²) in [7, 11) is 0. The number of rotatable bonds is 2. The minimum atomic E-state index is -5.06. The van der Waals surface area contributed by atoms with Gasteiger partial charge in [0.2, 0.25) is 0 Å². The number of aliphatic hydroxyl groups is 1. The molecule has 0 aliphatic heterocycles. The predicted molar refractivity (Wildman–Crippen MR) is 113 cm³/mol. The molecule has 0 amide bonds. The minimum absolute atomic E-state index is 0.0529. The maximum atomic E-state index is 14.3. The second-order valence-electron chi connectivity index (χ2n) is 7.63. The van der Waals surface area contributed by atoms with Crippen LogP contribution in [0.3, 0.4) is 0 Å². The zero-order chi connectivity index (χ0) is 23.4. The van der Waals surface area contributed by atoms with Crippen molar-refractivity contribution in [2.45, 2.75) is 38.1 Å². The summed E-state index contributed by atoms with van der Waals surface area (Å²) < 4.78 is 57.0. The number of nitrogens with zero attached hydrogens (tertiary/aromatic N) is 2. The summed E-state index contributed by atoms with van der Waals surface area (Å²) in [5.41, 5.74) is -2.93. The van der Waals surface area contributed by atoms with Gasteiger partial charge in [0.05, 0.1) is 16.6 Å². The number of phenols is 1. The highest BCUT2D eigenvalue weighted by molar-refractivity contribution is 6.31. The molecule has 0 saturated carbocycles. The van der Waals surface area contributed by atoms with Crippen LogP contribution in [-0.4, -0.2) is 32.0 Å². The highest BCUT2D eigenvalue weighted by Gasteiger charge is 2.62. The zero-order valence-corrected chi connectivity index (χ0v) is 17.7. The molecule has 0 unspecified atom stereocenters. The van der Waals surface area contributed by atoms with Gasteiger partial charge in [-0.15, -0.1) is 0 Å². The Bertz CT molecular complexity index is 1260. The van der Waals surface area contributed by atoms with Gasteiger partial charge in [-0.2, -0.15) is 13.2 Å². The minimum Gasteiger partial charge on any atom is -0.504 e. The molecule has 0 fully saturated rings. The van der Waals surface area contributed by atoms with Gasteiger partial charge < -0.3 is 15.5 Å². The van der Waals surface area contributed by atoms with E-state index < -0.39 is 40.8 Å². The van der Waals surface area contributed by atoms with Gasteiger partial charge in [0.1, 0.15) is 5.82 Å². The second kappa shape index (κ2) is 7.60. The van der Waals surface area contributed by atoms with E-state index in [0.29, 0.717) is 16.7 Å². The molecule has 2 aromatic carbocycles. The topological polar surface area (TPSA) is 78.3 Å². The van der Waals surface area contributed by atoms with Crippen molar-refractivity contribution in [1.82, 2.24) is 9.97 Å². The van der Waals surface area contributed by atoms with E-state index in [1.807, 2.05) is 0 Å². The van der Waals surface area contributed by atoms with E-state index in [1.54, 1.807) is 19.1 Å². The maximum absolute atomic E-state index is 14.3. The summed E-state index contributed by atoms with van der Waals surface area (Å²) in [5.74, 6) is -1.53. The molecule has 5 nitrogen and oxygen atoms in total. The highest BCUT2D eigenvalue weighted by atomic mass is 35.5. The fourth-order valence-corrected chi connectivity index (χ4v) is 4.28. The summed E-state index contributed by atoms with van der Waals surface area (Å²) in [4.78, 5) is 8.37. The third kappa shape index (κ3) is 3.36. The molecule has 1 aliphatic carbocycles.